The van der Waals surface area contributed by atoms with E-state index < -0.39 is 36.2 Å². The number of alkyl carbamates (subject to hydrolysis) is 1. The van der Waals surface area contributed by atoms with Crippen molar-refractivity contribution < 1.29 is 29.0 Å². The second-order valence-electron chi connectivity index (χ2n) is 5.87. The first-order valence-corrected chi connectivity index (χ1v) is 8.53. The summed E-state index contributed by atoms with van der Waals surface area (Å²) in [6, 6.07) is 6.81. The van der Waals surface area contributed by atoms with E-state index in [9.17, 15) is 19.5 Å². The number of carbonyl (C=O) groups is 3. The zero-order valence-electron chi connectivity index (χ0n) is 15.5. The molecular weight excluding hydrogens is 352 g/mol. The number of methoxy groups -OCH3 is 1. The molecule has 0 aromatic heterocycles. The van der Waals surface area contributed by atoms with E-state index in [4.69, 9.17) is 4.74 Å². The maximum atomic E-state index is 12.4. The zero-order valence-corrected chi connectivity index (χ0v) is 15.5. The second kappa shape index (κ2) is 11.7. The van der Waals surface area contributed by atoms with Gasteiger partial charge in [0.25, 0.3) is 0 Å². The number of nitrogens with one attached hydrogen (secondary N) is 2. The van der Waals surface area contributed by atoms with Gasteiger partial charge in [-0.15, -0.1) is 6.58 Å². The number of ether oxygens (including phenoxy) is 2. The fraction of sp³-hybridized carbons (Fsp3) is 0.421. The van der Waals surface area contributed by atoms with Crippen LogP contribution in [-0.4, -0.2) is 48.4 Å². The molecule has 0 aliphatic rings. The molecule has 8 heteroatoms. The Balaban J connectivity index is 2.66. The summed E-state index contributed by atoms with van der Waals surface area (Å²) in [5.41, 5.74) is 0.779. The van der Waals surface area contributed by atoms with Crippen LogP contribution in [0.2, 0.25) is 0 Å². The Morgan fingerprint density at radius 2 is 1.89 bits per heavy atom. The molecule has 1 rings (SSSR count). The van der Waals surface area contributed by atoms with Crippen molar-refractivity contribution in [2.75, 3.05) is 7.11 Å². The van der Waals surface area contributed by atoms with Gasteiger partial charge in [0.05, 0.1) is 13.2 Å². The minimum absolute atomic E-state index is 0.0188. The summed E-state index contributed by atoms with van der Waals surface area (Å²) < 4.78 is 9.71. The van der Waals surface area contributed by atoms with Gasteiger partial charge in [-0.1, -0.05) is 36.4 Å². The molecule has 1 aromatic carbocycles. The van der Waals surface area contributed by atoms with Crippen LogP contribution in [0.3, 0.4) is 0 Å². The number of carbonyl (C=O) groups excluding carboxylic acids is 3. The zero-order chi connectivity index (χ0) is 20.2. The molecule has 0 saturated carbocycles. The highest BCUT2D eigenvalue weighted by atomic mass is 16.5. The van der Waals surface area contributed by atoms with Gasteiger partial charge < -0.3 is 25.2 Å². The third-order valence-electron chi connectivity index (χ3n) is 3.71. The summed E-state index contributed by atoms with van der Waals surface area (Å²) in [6.07, 6.45) is 0.305. The average Bonchev–Trinajstić information content (AvgIpc) is 2.67. The van der Waals surface area contributed by atoms with Crippen LogP contribution in [0, 0.1) is 0 Å². The van der Waals surface area contributed by atoms with Crippen LogP contribution in [0.25, 0.3) is 0 Å². The lowest BCUT2D eigenvalue weighted by Gasteiger charge is -2.23. The molecule has 3 N–H and O–H groups in total. The molecule has 27 heavy (non-hydrogen) atoms. The number of rotatable bonds is 10. The van der Waals surface area contributed by atoms with Gasteiger partial charge in [-0.25, -0.2) is 9.59 Å². The molecule has 8 nitrogen and oxygen atoms in total. The van der Waals surface area contributed by atoms with Crippen molar-refractivity contribution in [1.29, 1.82) is 0 Å². The number of esters is 1. The van der Waals surface area contributed by atoms with Crippen LogP contribution < -0.4 is 10.6 Å². The first-order chi connectivity index (χ1) is 12.9. The van der Waals surface area contributed by atoms with Crippen molar-refractivity contribution in [3.63, 3.8) is 0 Å². The molecule has 3 atom stereocenters. The number of aliphatic hydroxyl groups is 1. The van der Waals surface area contributed by atoms with E-state index in [1.807, 2.05) is 6.07 Å². The van der Waals surface area contributed by atoms with Gasteiger partial charge in [0.1, 0.15) is 18.7 Å². The number of hydrogen-bond acceptors (Lipinski definition) is 6. The van der Waals surface area contributed by atoms with Gasteiger partial charge in [0, 0.05) is 0 Å². The van der Waals surface area contributed by atoms with Gasteiger partial charge in [-0.05, 0) is 25.3 Å². The first kappa shape index (κ1) is 22.2. The van der Waals surface area contributed by atoms with Crippen molar-refractivity contribution in [3.8, 4) is 0 Å². The number of amides is 2. The molecule has 0 saturated heterocycles. The molecular formula is C19H26N2O6. The SMILES string of the molecule is C=CCC[C@H](NC(=O)[C@@H](NC(=O)OCc1ccccc1)[C@@H](C)O)C(=O)OC. The largest absolute Gasteiger partial charge is 0.467 e. The standard InChI is InChI=1S/C19H26N2O6/c1-4-5-11-15(18(24)26-3)20-17(23)16(13(2)22)21-19(25)27-12-14-9-7-6-8-10-14/h4,6-10,13,15-16,22H,1,5,11-12H2,2-3H3,(H,20,23)(H,21,25)/t13-,15+,16+/m1/s1. The minimum atomic E-state index is -1.29. The fourth-order valence-corrected chi connectivity index (χ4v) is 2.23. The predicted octanol–water partition coefficient (Wildman–Crippen LogP) is 1.29. The molecule has 0 fully saturated rings. The Morgan fingerprint density at radius 1 is 1.22 bits per heavy atom. The van der Waals surface area contributed by atoms with E-state index in [1.165, 1.54) is 14.0 Å². The molecule has 148 valence electrons. The summed E-state index contributed by atoms with van der Waals surface area (Å²) in [4.78, 5) is 36.1. The Labute approximate surface area is 158 Å². The highest BCUT2D eigenvalue weighted by Crippen LogP contribution is 2.04. The summed E-state index contributed by atoms with van der Waals surface area (Å²) in [6.45, 7) is 4.93. The highest BCUT2D eigenvalue weighted by molar-refractivity contribution is 5.90. The third-order valence-corrected chi connectivity index (χ3v) is 3.71. The maximum Gasteiger partial charge on any atom is 0.408 e. The lowest BCUT2D eigenvalue weighted by Crippen LogP contribution is -2.55. The number of hydrogen-bond donors (Lipinski definition) is 3. The first-order valence-electron chi connectivity index (χ1n) is 8.53. The van der Waals surface area contributed by atoms with Crippen LogP contribution in [0.15, 0.2) is 43.0 Å². The van der Waals surface area contributed by atoms with Crippen LogP contribution in [-0.2, 0) is 25.7 Å². The van der Waals surface area contributed by atoms with Gasteiger partial charge in [0.15, 0.2) is 0 Å². The van der Waals surface area contributed by atoms with E-state index in [-0.39, 0.29) is 13.0 Å². The van der Waals surface area contributed by atoms with Crippen LogP contribution >= 0.6 is 0 Å². The number of benzene rings is 1. The monoisotopic (exact) mass is 378 g/mol. The van der Waals surface area contributed by atoms with Crippen molar-refractivity contribution in [3.05, 3.63) is 48.6 Å². The normalized spacial score (nSPS) is 13.6. The second-order valence-corrected chi connectivity index (χ2v) is 5.87. The quantitative estimate of drug-likeness (QED) is 0.418. The van der Waals surface area contributed by atoms with E-state index in [0.29, 0.717) is 6.42 Å². The Hall–Kier alpha value is -2.87. The molecule has 0 bridgehead atoms. The smallest absolute Gasteiger partial charge is 0.408 e. The molecule has 0 radical (unpaired) electrons. The Morgan fingerprint density at radius 3 is 2.44 bits per heavy atom. The molecule has 0 spiro atoms. The van der Waals surface area contributed by atoms with Crippen molar-refractivity contribution in [1.82, 2.24) is 10.6 Å². The highest BCUT2D eigenvalue weighted by Gasteiger charge is 2.30. The van der Waals surface area contributed by atoms with Gasteiger partial charge >= 0.3 is 12.1 Å². The maximum absolute atomic E-state index is 12.4. The topological polar surface area (TPSA) is 114 Å². The molecule has 0 unspecified atom stereocenters. The van der Waals surface area contributed by atoms with E-state index in [0.717, 1.165) is 5.56 Å². The summed E-state index contributed by atoms with van der Waals surface area (Å²) in [5, 5.41) is 14.6. The van der Waals surface area contributed by atoms with Gasteiger partial charge in [-0.3, -0.25) is 4.79 Å². The lowest BCUT2D eigenvalue weighted by molar-refractivity contribution is -0.145. The third kappa shape index (κ3) is 7.91. The number of aliphatic hydroxyl groups excluding tert-OH is 1. The van der Waals surface area contributed by atoms with Crippen LogP contribution in [0.5, 0.6) is 0 Å². The Bertz CT molecular complexity index is 632. The van der Waals surface area contributed by atoms with Gasteiger partial charge in [-0.2, -0.15) is 0 Å². The van der Waals surface area contributed by atoms with Crippen molar-refractivity contribution in [2.24, 2.45) is 0 Å². The summed E-state index contributed by atoms with van der Waals surface area (Å²) in [5.74, 6) is -1.35. The molecule has 1 aromatic rings. The predicted molar refractivity (Wildman–Crippen MR) is 98.6 cm³/mol. The van der Waals surface area contributed by atoms with Gasteiger partial charge in [0.2, 0.25) is 5.91 Å². The lowest BCUT2D eigenvalue weighted by atomic mass is 10.1. The van der Waals surface area contributed by atoms with Crippen molar-refractivity contribution in [2.45, 2.75) is 44.6 Å². The van der Waals surface area contributed by atoms with E-state index in [2.05, 4.69) is 21.9 Å². The fourth-order valence-electron chi connectivity index (χ4n) is 2.23. The molecule has 0 aliphatic carbocycles. The number of allylic oxidation sites excluding steroid dienone is 1. The molecule has 0 heterocycles. The molecule has 0 aliphatic heterocycles. The summed E-state index contributed by atoms with van der Waals surface area (Å²) >= 11 is 0. The van der Waals surface area contributed by atoms with E-state index in [1.54, 1.807) is 30.3 Å². The molecule has 2 amide bonds. The van der Waals surface area contributed by atoms with E-state index >= 15 is 0 Å². The van der Waals surface area contributed by atoms with Crippen LogP contribution in [0.4, 0.5) is 4.79 Å². The Kier molecular flexibility index (Phi) is 9.60. The minimum Gasteiger partial charge on any atom is -0.467 e. The summed E-state index contributed by atoms with van der Waals surface area (Å²) in [7, 11) is 1.21. The van der Waals surface area contributed by atoms with Crippen molar-refractivity contribution >= 4 is 18.0 Å². The van der Waals surface area contributed by atoms with Crippen LogP contribution in [0.1, 0.15) is 25.3 Å². The average molecular weight is 378 g/mol.